The first kappa shape index (κ1) is 34.6. The number of alkyl halides is 6. The van der Waals surface area contributed by atoms with Crippen LogP contribution in [-0.4, -0.2) is 89.1 Å². The highest BCUT2D eigenvalue weighted by Gasteiger charge is 2.54. The summed E-state index contributed by atoms with van der Waals surface area (Å²) in [4.78, 5) is 38.5. The number of carbonyl (C=O) groups excluding carboxylic acids is 1. The number of carbonyl (C=O) groups is 3. The molecule has 224 valence electrons. The van der Waals surface area contributed by atoms with Crippen LogP contribution in [-0.2, 0) is 25.7 Å². The molecule has 2 N–H and O–H groups in total. The number of aryl methyl sites for hydroxylation is 1. The third kappa shape index (κ3) is 10.6. The molecular formula is C24H34F6N2O6S. The molecule has 1 aromatic rings. The van der Waals surface area contributed by atoms with E-state index in [0.717, 1.165) is 45.6 Å². The van der Waals surface area contributed by atoms with Crippen molar-refractivity contribution in [3.05, 3.63) is 21.9 Å². The number of thiophene rings is 1. The number of rotatable bonds is 5. The molecule has 1 aromatic heterocycles. The number of halogens is 6. The summed E-state index contributed by atoms with van der Waals surface area (Å²) in [6, 6.07) is 4.93. The van der Waals surface area contributed by atoms with E-state index in [1.54, 1.807) is 0 Å². The minimum absolute atomic E-state index is 0.0389. The van der Waals surface area contributed by atoms with Crippen molar-refractivity contribution in [2.45, 2.75) is 65.5 Å². The van der Waals surface area contributed by atoms with Gasteiger partial charge in [-0.15, -0.1) is 11.3 Å². The van der Waals surface area contributed by atoms with E-state index < -0.39 is 24.3 Å². The molecule has 2 atom stereocenters. The first-order valence-corrected chi connectivity index (χ1v) is 12.9. The van der Waals surface area contributed by atoms with Gasteiger partial charge in [-0.3, -0.25) is 14.6 Å². The van der Waals surface area contributed by atoms with Gasteiger partial charge in [-0.1, -0.05) is 0 Å². The molecule has 0 aromatic carbocycles. The lowest BCUT2D eigenvalue weighted by molar-refractivity contribution is -0.193. The molecule has 39 heavy (non-hydrogen) atoms. The molecule has 0 aliphatic carbocycles. The van der Waals surface area contributed by atoms with Gasteiger partial charge >= 0.3 is 30.3 Å². The Balaban J connectivity index is 0.000000449. The van der Waals surface area contributed by atoms with Gasteiger partial charge in [0.15, 0.2) is 0 Å². The molecule has 2 aliphatic heterocycles. The van der Waals surface area contributed by atoms with Crippen LogP contribution >= 0.6 is 11.3 Å². The second-order valence-corrected chi connectivity index (χ2v) is 10.9. The fourth-order valence-corrected chi connectivity index (χ4v) is 5.42. The van der Waals surface area contributed by atoms with Crippen LogP contribution in [0.25, 0.3) is 0 Å². The predicted molar refractivity (Wildman–Crippen MR) is 130 cm³/mol. The maximum atomic E-state index is 12.9. The monoisotopic (exact) mass is 592 g/mol. The van der Waals surface area contributed by atoms with Gasteiger partial charge < -0.3 is 14.9 Å². The largest absolute Gasteiger partial charge is 0.490 e. The van der Waals surface area contributed by atoms with Crippen LogP contribution in [0, 0.1) is 18.3 Å². The minimum atomic E-state index is -5.08. The Hall–Kier alpha value is -2.39. The van der Waals surface area contributed by atoms with Gasteiger partial charge in [0.25, 0.3) is 0 Å². The van der Waals surface area contributed by atoms with Crippen molar-refractivity contribution in [1.82, 2.24) is 9.80 Å². The van der Waals surface area contributed by atoms with Crippen LogP contribution in [0.1, 0.15) is 43.4 Å². The van der Waals surface area contributed by atoms with Crippen LogP contribution in [0.3, 0.4) is 0 Å². The number of carboxylic acid groups (broad SMARTS) is 2. The fourth-order valence-electron chi connectivity index (χ4n) is 4.49. The molecule has 0 amide bonds. The quantitative estimate of drug-likeness (QED) is 0.371. The van der Waals surface area contributed by atoms with Crippen LogP contribution in [0.4, 0.5) is 26.3 Å². The van der Waals surface area contributed by atoms with Crippen molar-refractivity contribution in [2.75, 3.05) is 32.8 Å². The molecule has 0 unspecified atom stereocenters. The van der Waals surface area contributed by atoms with Crippen molar-refractivity contribution in [3.63, 3.8) is 0 Å². The molecule has 2 aliphatic rings. The maximum absolute atomic E-state index is 12.9. The van der Waals surface area contributed by atoms with E-state index in [0.29, 0.717) is 18.6 Å². The Bertz CT molecular complexity index is 944. The number of aliphatic carboxylic acids is 2. The summed E-state index contributed by atoms with van der Waals surface area (Å²) in [7, 11) is 0. The molecule has 0 radical (unpaired) electrons. The molecule has 2 saturated heterocycles. The Labute approximate surface area is 226 Å². The van der Waals surface area contributed by atoms with Crippen LogP contribution in [0.15, 0.2) is 12.1 Å². The van der Waals surface area contributed by atoms with Gasteiger partial charge in [0.05, 0.1) is 12.0 Å². The topological polar surface area (TPSA) is 107 Å². The number of likely N-dealkylation sites (tertiary alicyclic amines) is 2. The third-order valence-electron chi connectivity index (χ3n) is 6.37. The Morgan fingerprint density at radius 3 is 2.03 bits per heavy atom. The van der Waals surface area contributed by atoms with E-state index in [1.165, 1.54) is 9.75 Å². The van der Waals surface area contributed by atoms with Crippen molar-refractivity contribution < 1.29 is 55.7 Å². The highest BCUT2D eigenvalue weighted by molar-refractivity contribution is 7.11. The zero-order valence-corrected chi connectivity index (χ0v) is 22.9. The van der Waals surface area contributed by atoms with Gasteiger partial charge in [0.2, 0.25) is 0 Å². The molecule has 0 spiro atoms. The molecular weight excluding hydrogens is 558 g/mol. The molecule has 8 nitrogen and oxygen atoms in total. The van der Waals surface area contributed by atoms with E-state index in [9.17, 15) is 31.1 Å². The van der Waals surface area contributed by atoms with E-state index >= 15 is 0 Å². The van der Waals surface area contributed by atoms with Crippen molar-refractivity contribution in [1.29, 1.82) is 0 Å². The number of ether oxygens (including phenoxy) is 1. The van der Waals surface area contributed by atoms with Crippen molar-refractivity contribution in [2.24, 2.45) is 11.3 Å². The van der Waals surface area contributed by atoms with Gasteiger partial charge in [0.1, 0.15) is 0 Å². The summed E-state index contributed by atoms with van der Waals surface area (Å²) < 4.78 is 69.0. The average Bonchev–Trinajstić information content (AvgIpc) is 3.33. The van der Waals surface area contributed by atoms with Crippen LogP contribution < -0.4 is 0 Å². The molecule has 15 heteroatoms. The fraction of sp³-hybridized carbons (Fsp3) is 0.708. The minimum Gasteiger partial charge on any atom is -0.475 e. The summed E-state index contributed by atoms with van der Waals surface area (Å²) in [6.07, 6.45) is -8.13. The van der Waals surface area contributed by atoms with E-state index in [2.05, 4.69) is 42.7 Å². The van der Waals surface area contributed by atoms with Gasteiger partial charge in [-0.2, -0.15) is 26.3 Å². The lowest BCUT2D eigenvalue weighted by atomic mass is 9.75. The van der Waals surface area contributed by atoms with Crippen molar-refractivity contribution >= 4 is 29.2 Å². The van der Waals surface area contributed by atoms with E-state index in [-0.39, 0.29) is 11.4 Å². The lowest BCUT2D eigenvalue weighted by Crippen LogP contribution is -2.42. The SMILES string of the molecule is CCOC(=O)[C@]12CCCN(Cc3ccc(C)s3)C[C@H]1CN(C(C)C)C2.O=C(O)C(F)(F)F.O=C(O)C(F)(F)F. The second kappa shape index (κ2) is 14.3. The Kier molecular flexibility index (Phi) is 12.7. The van der Waals surface area contributed by atoms with Crippen molar-refractivity contribution in [3.8, 4) is 0 Å². The maximum Gasteiger partial charge on any atom is 0.490 e. The van der Waals surface area contributed by atoms with E-state index in [1.807, 2.05) is 18.3 Å². The smallest absolute Gasteiger partial charge is 0.475 e. The summed E-state index contributed by atoms with van der Waals surface area (Å²) in [5.41, 5.74) is -0.305. The highest BCUT2D eigenvalue weighted by atomic mass is 32.1. The van der Waals surface area contributed by atoms with Gasteiger partial charge in [-0.05, 0) is 59.2 Å². The molecule has 0 saturated carbocycles. The number of nitrogens with zero attached hydrogens (tertiary/aromatic N) is 2. The van der Waals surface area contributed by atoms with Crippen LogP contribution in [0.5, 0.6) is 0 Å². The number of carboxylic acids is 2. The summed E-state index contributed by atoms with van der Waals surface area (Å²) in [6.45, 7) is 14.0. The zero-order chi connectivity index (χ0) is 30.2. The number of esters is 1. The summed E-state index contributed by atoms with van der Waals surface area (Å²) >= 11 is 1.89. The predicted octanol–water partition coefficient (Wildman–Crippen LogP) is 4.81. The van der Waals surface area contributed by atoms with Crippen LogP contribution in [0.2, 0.25) is 0 Å². The standard InChI is InChI=1S/C20H32N2O2S.2C2HF3O2/c1-5-24-19(23)20-9-6-10-21(13-18-8-7-16(4)25-18)11-17(20)12-22(14-20)15(2)3;2*3-2(4,5)1(6)7/h7-8,15,17H,5-6,9-14H2,1-4H3;2*(H,6,7)/t17-,20-;;/m0../s1. The lowest BCUT2D eigenvalue weighted by Gasteiger charge is -2.31. The van der Waals surface area contributed by atoms with Gasteiger partial charge in [0, 0.05) is 47.9 Å². The molecule has 2 fully saturated rings. The third-order valence-corrected chi connectivity index (χ3v) is 7.36. The normalized spacial score (nSPS) is 22.1. The Morgan fingerprint density at radius 2 is 1.62 bits per heavy atom. The van der Waals surface area contributed by atoms with Gasteiger partial charge in [-0.25, -0.2) is 9.59 Å². The van der Waals surface area contributed by atoms with E-state index in [4.69, 9.17) is 24.5 Å². The molecule has 3 heterocycles. The second-order valence-electron chi connectivity index (χ2n) is 9.55. The number of fused-ring (bicyclic) bond motifs is 1. The average molecular weight is 593 g/mol. The Morgan fingerprint density at radius 1 is 1.08 bits per heavy atom. The summed E-state index contributed by atoms with van der Waals surface area (Å²) in [5.74, 6) is -5.10. The number of hydrogen-bond acceptors (Lipinski definition) is 7. The first-order chi connectivity index (χ1) is 17.8. The zero-order valence-electron chi connectivity index (χ0n) is 22.1. The molecule has 0 bridgehead atoms. The number of hydrogen-bond donors (Lipinski definition) is 2. The summed E-state index contributed by atoms with van der Waals surface area (Å²) in [5, 5.41) is 14.2. The highest BCUT2D eigenvalue weighted by Crippen LogP contribution is 2.44. The molecule has 3 rings (SSSR count). The first-order valence-electron chi connectivity index (χ1n) is 12.1.